The van der Waals surface area contributed by atoms with Gasteiger partial charge < -0.3 is 19.8 Å². The number of aromatic nitrogens is 1. The summed E-state index contributed by atoms with van der Waals surface area (Å²) >= 11 is 0. The fraction of sp³-hybridized carbons (Fsp3) is 0.500. The first kappa shape index (κ1) is 23.5. The van der Waals surface area contributed by atoms with Gasteiger partial charge in [0.1, 0.15) is 11.3 Å². The topological polar surface area (TPSA) is 80.4 Å². The lowest BCUT2D eigenvalue weighted by Gasteiger charge is -2.19. The van der Waals surface area contributed by atoms with Crippen molar-refractivity contribution >= 4 is 17.6 Å². The maximum atomic E-state index is 12.7. The van der Waals surface area contributed by atoms with Gasteiger partial charge in [-0.05, 0) is 63.3 Å². The highest BCUT2D eigenvalue weighted by Gasteiger charge is 2.29. The maximum absolute atomic E-state index is 12.7. The van der Waals surface area contributed by atoms with Crippen LogP contribution in [-0.2, 0) is 22.4 Å². The number of anilines is 1. The van der Waals surface area contributed by atoms with Crippen molar-refractivity contribution in [3.63, 3.8) is 0 Å². The molecular weight excluding hydrogens is 380 g/mol. The molecule has 0 spiro atoms. The van der Waals surface area contributed by atoms with E-state index in [1.54, 1.807) is 6.92 Å². The predicted octanol–water partition coefficient (Wildman–Crippen LogP) is 5.44. The molecule has 2 N–H and O–H groups in total. The van der Waals surface area contributed by atoms with E-state index < -0.39 is 17.5 Å². The summed E-state index contributed by atoms with van der Waals surface area (Å²) < 4.78 is 10.8. The standard InChI is InChI=1S/C24H34N2O4/c1-8-18-20(22(27)29-9-2)19(26-21(18)23(28)30-24(5,6)7)14-25-17-12-10-16(11-13-17)15(3)4/h10-13,15,25-26H,8-9,14H2,1-7H3. The van der Waals surface area contributed by atoms with Crippen LogP contribution in [0.3, 0.4) is 0 Å². The van der Waals surface area contributed by atoms with Crippen LogP contribution in [0.4, 0.5) is 5.69 Å². The van der Waals surface area contributed by atoms with Gasteiger partial charge in [0.25, 0.3) is 0 Å². The first-order chi connectivity index (χ1) is 14.1. The Bertz CT molecular complexity index is 874. The largest absolute Gasteiger partial charge is 0.462 e. The summed E-state index contributed by atoms with van der Waals surface area (Å²) in [5.41, 5.74) is 3.50. The molecule has 0 fully saturated rings. The number of hydrogen-bond acceptors (Lipinski definition) is 5. The van der Waals surface area contributed by atoms with E-state index >= 15 is 0 Å². The van der Waals surface area contributed by atoms with Gasteiger partial charge in [-0.15, -0.1) is 0 Å². The zero-order valence-electron chi connectivity index (χ0n) is 19.1. The molecule has 0 aliphatic rings. The molecule has 2 aromatic rings. The second kappa shape index (κ2) is 9.83. The molecule has 1 aromatic heterocycles. The molecule has 0 unspecified atom stereocenters. The van der Waals surface area contributed by atoms with E-state index in [1.165, 1.54) is 5.56 Å². The quantitative estimate of drug-likeness (QED) is 0.562. The molecule has 6 heteroatoms. The van der Waals surface area contributed by atoms with E-state index in [0.717, 1.165) is 5.69 Å². The van der Waals surface area contributed by atoms with Crippen LogP contribution >= 0.6 is 0 Å². The van der Waals surface area contributed by atoms with E-state index in [2.05, 4.69) is 36.3 Å². The van der Waals surface area contributed by atoms with Crippen molar-refractivity contribution in [3.05, 3.63) is 52.3 Å². The van der Waals surface area contributed by atoms with Crippen LogP contribution in [0.1, 0.15) is 92.1 Å². The number of rotatable bonds is 8. The van der Waals surface area contributed by atoms with Crippen LogP contribution in [0.25, 0.3) is 0 Å². The van der Waals surface area contributed by atoms with E-state index in [9.17, 15) is 9.59 Å². The van der Waals surface area contributed by atoms with Gasteiger partial charge in [-0.1, -0.05) is 32.9 Å². The molecule has 0 saturated heterocycles. The number of nitrogens with one attached hydrogen (secondary N) is 2. The third-order valence-electron chi connectivity index (χ3n) is 4.66. The van der Waals surface area contributed by atoms with Gasteiger partial charge in [-0.25, -0.2) is 9.59 Å². The maximum Gasteiger partial charge on any atom is 0.355 e. The average Bonchev–Trinajstić information content (AvgIpc) is 3.04. The van der Waals surface area contributed by atoms with Crippen LogP contribution in [0, 0.1) is 0 Å². The van der Waals surface area contributed by atoms with Crippen LogP contribution in [-0.4, -0.2) is 29.1 Å². The Morgan fingerprint density at radius 1 is 1.07 bits per heavy atom. The average molecular weight is 415 g/mol. The van der Waals surface area contributed by atoms with Crippen molar-refractivity contribution in [1.82, 2.24) is 4.98 Å². The van der Waals surface area contributed by atoms with Gasteiger partial charge in [0.2, 0.25) is 0 Å². The molecule has 30 heavy (non-hydrogen) atoms. The monoisotopic (exact) mass is 414 g/mol. The number of esters is 2. The van der Waals surface area contributed by atoms with Crippen LogP contribution in [0.5, 0.6) is 0 Å². The zero-order chi connectivity index (χ0) is 22.5. The molecule has 0 radical (unpaired) electrons. The lowest BCUT2D eigenvalue weighted by atomic mass is 10.0. The van der Waals surface area contributed by atoms with Gasteiger partial charge >= 0.3 is 11.9 Å². The molecule has 1 heterocycles. The second-order valence-corrected chi connectivity index (χ2v) is 8.54. The summed E-state index contributed by atoms with van der Waals surface area (Å²) in [5, 5.41) is 3.33. The minimum Gasteiger partial charge on any atom is -0.462 e. The minimum atomic E-state index is -0.631. The van der Waals surface area contributed by atoms with E-state index in [0.29, 0.717) is 41.4 Å². The summed E-state index contributed by atoms with van der Waals surface area (Å²) in [7, 11) is 0. The highest BCUT2D eigenvalue weighted by atomic mass is 16.6. The molecule has 0 aliphatic carbocycles. The lowest BCUT2D eigenvalue weighted by molar-refractivity contribution is 0.00622. The van der Waals surface area contributed by atoms with E-state index in [1.807, 2.05) is 39.8 Å². The third kappa shape index (κ3) is 5.88. The molecular formula is C24H34N2O4. The van der Waals surface area contributed by atoms with Crippen molar-refractivity contribution < 1.29 is 19.1 Å². The Kier molecular flexibility index (Phi) is 7.71. The summed E-state index contributed by atoms with van der Waals surface area (Å²) in [6.45, 7) is 14.0. The van der Waals surface area contributed by atoms with Crippen LogP contribution < -0.4 is 5.32 Å². The molecule has 0 atom stereocenters. The fourth-order valence-corrected chi connectivity index (χ4v) is 3.21. The highest BCUT2D eigenvalue weighted by Crippen LogP contribution is 2.25. The molecule has 164 valence electrons. The van der Waals surface area contributed by atoms with Gasteiger partial charge in [0.05, 0.1) is 18.7 Å². The Hall–Kier alpha value is -2.76. The van der Waals surface area contributed by atoms with Gasteiger partial charge in [0.15, 0.2) is 0 Å². The summed E-state index contributed by atoms with van der Waals surface area (Å²) in [5.74, 6) is -0.453. The molecule has 0 bridgehead atoms. The highest BCUT2D eigenvalue weighted by molar-refractivity contribution is 5.99. The van der Waals surface area contributed by atoms with Crippen molar-refractivity contribution in [3.8, 4) is 0 Å². The second-order valence-electron chi connectivity index (χ2n) is 8.54. The minimum absolute atomic E-state index is 0.262. The Labute approximate surface area is 179 Å². The lowest BCUT2D eigenvalue weighted by Crippen LogP contribution is -2.24. The van der Waals surface area contributed by atoms with Crippen LogP contribution in [0.15, 0.2) is 24.3 Å². The SMILES string of the molecule is CCOC(=O)c1c(CNc2ccc(C(C)C)cc2)[nH]c(C(=O)OC(C)(C)C)c1CC. The van der Waals surface area contributed by atoms with Gasteiger partial charge in [0, 0.05) is 11.4 Å². The zero-order valence-corrected chi connectivity index (χ0v) is 19.1. The molecule has 0 amide bonds. The Morgan fingerprint density at radius 2 is 1.70 bits per heavy atom. The van der Waals surface area contributed by atoms with Crippen LogP contribution in [0.2, 0.25) is 0 Å². The van der Waals surface area contributed by atoms with E-state index in [-0.39, 0.29) is 6.61 Å². The van der Waals surface area contributed by atoms with Crippen molar-refractivity contribution in [1.29, 1.82) is 0 Å². The van der Waals surface area contributed by atoms with Gasteiger partial charge in [-0.2, -0.15) is 0 Å². The summed E-state index contributed by atoms with van der Waals surface area (Å²) in [6.07, 6.45) is 0.502. The molecule has 2 rings (SSSR count). The number of H-pyrrole nitrogens is 1. The number of carbonyl (C=O) groups excluding carboxylic acids is 2. The van der Waals surface area contributed by atoms with Gasteiger partial charge in [-0.3, -0.25) is 0 Å². The van der Waals surface area contributed by atoms with E-state index in [4.69, 9.17) is 9.47 Å². The Balaban J connectivity index is 2.36. The molecule has 1 aromatic carbocycles. The fourth-order valence-electron chi connectivity index (χ4n) is 3.21. The number of ether oxygens (including phenoxy) is 2. The van der Waals surface area contributed by atoms with Crippen molar-refractivity contribution in [2.24, 2.45) is 0 Å². The van der Waals surface area contributed by atoms with Crippen molar-refractivity contribution in [2.75, 3.05) is 11.9 Å². The predicted molar refractivity (Wildman–Crippen MR) is 119 cm³/mol. The number of benzene rings is 1. The smallest absolute Gasteiger partial charge is 0.355 e. The molecule has 6 nitrogen and oxygen atoms in total. The normalized spacial score (nSPS) is 11.5. The number of carbonyl (C=O) groups is 2. The first-order valence-corrected chi connectivity index (χ1v) is 10.5. The third-order valence-corrected chi connectivity index (χ3v) is 4.66. The number of aromatic amines is 1. The van der Waals surface area contributed by atoms with Crippen molar-refractivity contribution in [2.45, 2.75) is 73.0 Å². The summed E-state index contributed by atoms with van der Waals surface area (Å²) in [4.78, 5) is 28.5. The Morgan fingerprint density at radius 3 is 2.20 bits per heavy atom. The molecule has 0 saturated carbocycles. The first-order valence-electron chi connectivity index (χ1n) is 10.5. The summed E-state index contributed by atoms with van der Waals surface area (Å²) in [6, 6.07) is 8.19. The number of hydrogen-bond donors (Lipinski definition) is 2. The molecule has 0 aliphatic heterocycles.